The fourth-order valence-electron chi connectivity index (χ4n) is 1.59. The quantitative estimate of drug-likeness (QED) is 0.544. The summed E-state index contributed by atoms with van der Waals surface area (Å²) >= 11 is 0. The second kappa shape index (κ2) is 6.79. The van der Waals surface area contributed by atoms with Crippen LogP contribution in [-0.2, 0) is 9.47 Å². The van der Waals surface area contributed by atoms with E-state index in [0.29, 0.717) is 4.90 Å². The van der Waals surface area contributed by atoms with Crippen LogP contribution in [0, 0.1) is 0 Å². The Labute approximate surface area is 118 Å². The number of morpholine rings is 1. The number of halogens is 9. The summed E-state index contributed by atoms with van der Waals surface area (Å²) < 4.78 is 122. The molecule has 1 aliphatic rings. The molecule has 1 heterocycles. The Hall–Kier alpha value is -0.750. The zero-order valence-corrected chi connectivity index (χ0v) is 10.9. The molecule has 2 atom stereocenters. The Morgan fingerprint density at radius 1 is 0.955 bits per heavy atom. The summed E-state index contributed by atoms with van der Waals surface area (Å²) in [5.74, 6) is -5.27. The van der Waals surface area contributed by atoms with Gasteiger partial charge in [0, 0.05) is 13.1 Å². The van der Waals surface area contributed by atoms with Crippen LogP contribution in [0.4, 0.5) is 39.5 Å². The topological polar surface area (TPSA) is 21.7 Å². The maximum atomic E-state index is 13.5. The standard InChI is InChI=1S/C10H12F9NO2/c11-6(9(15,16)17)8(13,14)5-22-10(18,19)7(12)20-1-3-21-4-2-20/h6-7H,1-5H2. The molecule has 0 aromatic carbocycles. The highest BCUT2D eigenvalue weighted by molar-refractivity contribution is 4.84. The summed E-state index contributed by atoms with van der Waals surface area (Å²) in [4.78, 5) is 0.512. The molecule has 0 N–H and O–H groups in total. The Balaban J connectivity index is 2.63. The molecular weight excluding hydrogens is 337 g/mol. The van der Waals surface area contributed by atoms with Crippen LogP contribution in [0.1, 0.15) is 0 Å². The molecule has 22 heavy (non-hydrogen) atoms. The Bertz CT molecular complexity index is 357. The Kier molecular flexibility index (Phi) is 5.95. The van der Waals surface area contributed by atoms with Crippen LogP contribution in [0.5, 0.6) is 0 Å². The average molecular weight is 349 g/mol. The highest BCUT2D eigenvalue weighted by Gasteiger charge is 2.58. The Morgan fingerprint density at radius 2 is 1.45 bits per heavy atom. The van der Waals surface area contributed by atoms with Crippen LogP contribution >= 0.6 is 0 Å². The first-order valence-corrected chi connectivity index (χ1v) is 5.94. The molecule has 0 aliphatic carbocycles. The first kappa shape index (κ1) is 19.3. The fourth-order valence-corrected chi connectivity index (χ4v) is 1.59. The van der Waals surface area contributed by atoms with Crippen molar-refractivity contribution in [1.29, 1.82) is 0 Å². The predicted octanol–water partition coefficient (Wildman–Crippen LogP) is 2.76. The van der Waals surface area contributed by atoms with E-state index in [2.05, 4.69) is 4.74 Å². The molecule has 1 saturated heterocycles. The largest absolute Gasteiger partial charge is 0.425 e. The van der Waals surface area contributed by atoms with E-state index >= 15 is 0 Å². The zero-order valence-electron chi connectivity index (χ0n) is 10.9. The molecule has 132 valence electrons. The third-order valence-corrected chi connectivity index (χ3v) is 2.76. The molecular formula is C10H12F9NO2. The van der Waals surface area contributed by atoms with Gasteiger partial charge in [-0.2, -0.15) is 22.0 Å². The smallest absolute Gasteiger partial charge is 0.379 e. The van der Waals surface area contributed by atoms with Crippen molar-refractivity contribution < 1.29 is 49.0 Å². The first-order valence-electron chi connectivity index (χ1n) is 5.94. The van der Waals surface area contributed by atoms with E-state index in [0.717, 1.165) is 0 Å². The molecule has 0 saturated carbocycles. The van der Waals surface area contributed by atoms with Gasteiger partial charge in [-0.05, 0) is 0 Å². The van der Waals surface area contributed by atoms with Gasteiger partial charge in [-0.3, -0.25) is 4.90 Å². The molecule has 1 aliphatic heterocycles. The minimum Gasteiger partial charge on any atom is -0.379 e. The lowest BCUT2D eigenvalue weighted by Gasteiger charge is -2.34. The van der Waals surface area contributed by atoms with Crippen LogP contribution in [0.3, 0.4) is 0 Å². The number of nitrogens with zero attached hydrogens (tertiary/aromatic N) is 1. The van der Waals surface area contributed by atoms with Gasteiger partial charge in [0.2, 0.25) is 6.30 Å². The van der Waals surface area contributed by atoms with E-state index in [1.807, 2.05) is 0 Å². The van der Waals surface area contributed by atoms with Crippen molar-refractivity contribution in [3.63, 3.8) is 0 Å². The molecule has 3 nitrogen and oxygen atoms in total. The lowest BCUT2D eigenvalue weighted by molar-refractivity contribution is -0.335. The zero-order chi connectivity index (χ0) is 17.2. The average Bonchev–Trinajstić information content (AvgIpc) is 2.44. The van der Waals surface area contributed by atoms with E-state index in [1.54, 1.807) is 0 Å². The third-order valence-electron chi connectivity index (χ3n) is 2.76. The van der Waals surface area contributed by atoms with Crippen molar-refractivity contribution in [2.75, 3.05) is 32.9 Å². The van der Waals surface area contributed by atoms with Gasteiger partial charge >= 0.3 is 18.2 Å². The SMILES string of the molecule is FC(C(F)(F)F)C(F)(F)COC(F)(F)C(F)N1CCOCC1. The van der Waals surface area contributed by atoms with Gasteiger partial charge in [0.25, 0.3) is 6.17 Å². The predicted molar refractivity (Wildman–Crippen MR) is 54.1 cm³/mol. The van der Waals surface area contributed by atoms with Crippen molar-refractivity contribution in [3.05, 3.63) is 0 Å². The second-order valence-electron chi connectivity index (χ2n) is 4.50. The molecule has 0 aromatic heterocycles. The number of hydrogen-bond acceptors (Lipinski definition) is 3. The van der Waals surface area contributed by atoms with E-state index in [9.17, 15) is 39.5 Å². The molecule has 0 bridgehead atoms. The van der Waals surface area contributed by atoms with Crippen molar-refractivity contribution >= 4 is 0 Å². The maximum Gasteiger partial charge on any atom is 0.425 e. The normalized spacial score (nSPS) is 21.7. The van der Waals surface area contributed by atoms with E-state index < -0.39 is 37.3 Å². The number of ether oxygens (including phenoxy) is 2. The number of hydrogen-bond donors (Lipinski definition) is 0. The van der Waals surface area contributed by atoms with Crippen molar-refractivity contribution in [3.8, 4) is 0 Å². The van der Waals surface area contributed by atoms with Crippen molar-refractivity contribution in [1.82, 2.24) is 4.90 Å². The van der Waals surface area contributed by atoms with E-state index in [4.69, 9.17) is 4.74 Å². The van der Waals surface area contributed by atoms with Gasteiger partial charge in [-0.15, -0.1) is 0 Å². The number of alkyl halides is 9. The van der Waals surface area contributed by atoms with Gasteiger partial charge in [-0.25, -0.2) is 17.6 Å². The fraction of sp³-hybridized carbons (Fsp3) is 1.00. The minimum absolute atomic E-state index is 0.0900. The third kappa shape index (κ3) is 4.88. The molecule has 1 fully saturated rings. The van der Waals surface area contributed by atoms with Gasteiger partial charge in [0.15, 0.2) is 0 Å². The van der Waals surface area contributed by atoms with Crippen LogP contribution in [0.25, 0.3) is 0 Å². The molecule has 1 rings (SSSR count). The van der Waals surface area contributed by atoms with E-state index in [-0.39, 0.29) is 26.3 Å². The highest BCUT2D eigenvalue weighted by Crippen LogP contribution is 2.37. The Morgan fingerprint density at radius 3 is 1.91 bits per heavy atom. The summed E-state index contributed by atoms with van der Waals surface area (Å²) in [6.45, 7) is -3.37. The molecule has 0 amide bonds. The highest BCUT2D eigenvalue weighted by atomic mass is 19.4. The van der Waals surface area contributed by atoms with Gasteiger partial charge in [-0.1, -0.05) is 0 Å². The summed E-state index contributed by atoms with van der Waals surface area (Å²) in [5.41, 5.74) is 0. The van der Waals surface area contributed by atoms with Gasteiger partial charge in [0.1, 0.15) is 6.61 Å². The van der Waals surface area contributed by atoms with Crippen molar-refractivity contribution in [2.45, 2.75) is 30.7 Å². The lowest BCUT2D eigenvalue weighted by atomic mass is 10.2. The molecule has 0 radical (unpaired) electrons. The molecule has 2 unspecified atom stereocenters. The molecule has 12 heteroatoms. The monoisotopic (exact) mass is 349 g/mol. The second-order valence-corrected chi connectivity index (χ2v) is 4.50. The molecule has 0 spiro atoms. The summed E-state index contributed by atoms with van der Waals surface area (Å²) in [7, 11) is 0. The van der Waals surface area contributed by atoms with Gasteiger partial charge in [0.05, 0.1) is 13.2 Å². The van der Waals surface area contributed by atoms with Crippen LogP contribution in [-0.4, -0.2) is 68.5 Å². The maximum absolute atomic E-state index is 13.5. The molecule has 0 aromatic rings. The van der Waals surface area contributed by atoms with Crippen LogP contribution in [0.15, 0.2) is 0 Å². The van der Waals surface area contributed by atoms with Crippen molar-refractivity contribution in [2.24, 2.45) is 0 Å². The van der Waals surface area contributed by atoms with Crippen LogP contribution < -0.4 is 0 Å². The minimum atomic E-state index is -5.96. The lowest BCUT2D eigenvalue weighted by Crippen LogP contribution is -2.53. The number of rotatable bonds is 6. The summed E-state index contributed by atoms with van der Waals surface area (Å²) in [6.07, 6.45) is -18.7. The van der Waals surface area contributed by atoms with Crippen LogP contribution in [0.2, 0.25) is 0 Å². The van der Waals surface area contributed by atoms with Gasteiger partial charge < -0.3 is 9.47 Å². The summed E-state index contributed by atoms with van der Waals surface area (Å²) in [5, 5.41) is 0. The van der Waals surface area contributed by atoms with E-state index in [1.165, 1.54) is 0 Å². The summed E-state index contributed by atoms with van der Waals surface area (Å²) in [6, 6.07) is 0. The first-order chi connectivity index (χ1) is 9.88.